The number of anilines is 1. The van der Waals surface area contributed by atoms with Crippen molar-refractivity contribution in [2.45, 2.75) is 13.0 Å². The van der Waals surface area contributed by atoms with Gasteiger partial charge in [-0.15, -0.1) is 0 Å². The summed E-state index contributed by atoms with van der Waals surface area (Å²) in [5.41, 5.74) is 7.77. The Bertz CT molecular complexity index is 945. The van der Waals surface area contributed by atoms with Gasteiger partial charge in [0.15, 0.2) is 5.96 Å². The number of hydrogen-bond donors (Lipinski definition) is 3. The second kappa shape index (κ2) is 10.1. The summed E-state index contributed by atoms with van der Waals surface area (Å²) in [7, 11) is 0. The molecule has 0 radical (unpaired) electrons. The molecule has 0 aliphatic rings. The van der Waals surface area contributed by atoms with Crippen molar-refractivity contribution >= 4 is 11.6 Å². The number of nitrogens with zero attached hydrogens (tertiary/aromatic N) is 1. The van der Waals surface area contributed by atoms with Gasteiger partial charge < -0.3 is 25.6 Å². The number of aliphatic hydroxyl groups excluding tert-OH is 1. The van der Waals surface area contributed by atoms with E-state index < -0.39 is 6.10 Å². The number of aryl methyl sites for hydroxylation is 1. The maximum absolute atomic E-state index is 10.1. The molecule has 0 spiro atoms. The molecule has 4 N–H and O–H groups in total. The second-order valence-electron chi connectivity index (χ2n) is 6.58. The summed E-state index contributed by atoms with van der Waals surface area (Å²) < 4.78 is 11.4. The van der Waals surface area contributed by atoms with Gasteiger partial charge in [-0.25, -0.2) is 0 Å². The number of ether oxygens (including phenoxy) is 2. The van der Waals surface area contributed by atoms with E-state index in [9.17, 15) is 5.11 Å². The van der Waals surface area contributed by atoms with E-state index in [0.717, 1.165) is 17.0 Å². The van der Waals surface area contributed by atoms with Gasteiger partial charge in [-0.05, 0) is 48.9 Å². The molecule has 0 aliphatic carbocycles. The highest BCUT2D eigenvalue weighted by molar-refractivity contribution is 5.92. The lowest BCUT2D eigenvalue weighted by atomic mass is 10.2. The van der Waals surface area contributed by atoms with E-state index in [4.69, 9.17) is 15.2 Å². The van der Waals surface area contributed by atoms with Crippen molar-refractivity contribution in [1.82, 2.24) is 0 Å². The van der Waals surface area contributed by atoms with Gasteiger partial charge in [0.2, 0.25) is 0 Å². The molecule has 1 atom stereocenters. The predicted molar refractivity (Wildman–Crippen MR) is 116 cm³/mol. The molecule has 3 aromatic carbocycles. The fourth-order valence-corrected chi connectivity index (χ4v) is 2.60. The van der Waals surface area contributed by atoms with Crippen molar-refractivity contribution in [3.63, 3.8) is 0 Å². The van der Waals surface area contributed by atoms with Gasteiger partial charge in [-0.2, -0.15) is 0 Å². The Labute approximate surface area is 170 Å². The molecule has 0 fully saturated rings. The van der Waals surface area contributed by atoms with Crippen molar-refractivity contribution in [2.24, 2.45) is 10.7 Å². The van der Waals surface area contributed by atoms with E-state index in [1.807, 2.05) is 85.8 Å². The fourth-order valence-electron chi connectivity index (χ4n) is 2.60. The Kier molecular flexibility index (Phi) is 7.08. The Morgan fingerprint density at radius 1 is 0.966 bits per heavy atom. The highest BCUT2D eigenvalue weighted by Crippen LogP contribution is 2.23. The van der Waals surface area contributed by atoms with Crippen LogP contribution in [0.2, 0.25) is 0 Å². The van der Waals surface area contributed by atoms with E-state index in [2.05, 4.69) is 10.3 Å². The summed E-state index contributed by atoms with van der Waals surface area (Å²) in [6.45, 7) is 2.26. The van der Waals surface area contributed by atoms with Crippen molar-refractivity contribution in [3.8, 4) is 17.2 Å². The predicted octanol–water partition coefficient (Wildman–Crippen LogP) is 3.95. The first kappa shape index (κ1) is 20.2. The molecule has 150 valence electrons. The molecule has 6 heteroatoms. The maximum Gasteiger partial charge on any atom is 0.193 e. The number of aliphatic imine (C=N–C) groups is 1. The Morgan fingerprint density at radius 3 is 2.48 bits per heavy atom. The molecule has 0 heterocycles. The van der Waals surface area contributed by atoms with E-state index in [-0.39, 0.29) is 19.1 Å². The van der Waals surface area contributed by atoms with Crippen LogP contribution in [0, 0.1) is 6.92 Å². The van der Waals surface area contributed by atoms with Crippen LogP contribution in [0.1, 0.15) is 5.56 Å². The third-order valence-electron chi connectivity index (χ3n) is 3.99. The minimum atomic E-state index is -0.761. The fraction of sp³-hybridized carbons (Fsp3) is 0.174. The van der Waals surface area contributed by atoms with Crippen molar-refractivity contribution in [2.75, 3.05) is 18.5 Å². The molecule has 0 bridgehead atoms. The molecule has 3 rings (SSSR count). The van der Waals surface area contributed by atoms with Gasteiger partial charge in [0, 0.05) is 11.8 Å². The van der Waals surface area contributed by atoms with Gasteiger partial charge >= 0.3 is 0 Å². The van der Waals surface area contributed by atoms with Crippen LogP contribution in [0.3, 0.4) is 0 Å². The largest absolute Gasteiger partial charge is 0.491 e. The van der Waals surface area contributed by atoms with E-state index in [0.29, 0.717) is 11.5 Å². The van der Waals surface area contributed by atoms with Crippen LogP contribution in [-0.4, -0.2) is 30.3 Å². The molecule has 0 amide bonds. The Hall–Kier alpha value is -3.51. The van der Waals surface area contributed by atoms with Gasteiger partial charge in [0.25, 0.3) is 0 Å². The van der Waals surface area contributed by atoms with Gasteiger partial charge in [0.05, 0.1) is 6.54 Å². The van der Waals surface area contributed by atoms with Crippen LogP contribution in [0.4, 0.5) is 5.69 Å². The zero-order valence-electron chi connectivity index (χ0n) is 16.3. The highest BCUT2D eigenvalue weighted by Gasteiger charge is 2.06. The summed E-state index contributed by atoms with van der Waals surface area (Å²) in [6.07, 6.45) is -0.761. The number of rotatable bonds is 8. The lowest BCUT2D eigenvalue weighted by Crippen LogP contribution is -2.27. The molecule has 6 nitrogen and oxygen atoms in total. The minimum Gasteiger partial charge on any atom is -0.491 e. The molecule has 0 aliphatic heterocycles. The second-order valence-corrected chi connectivity index (χ2v) is 6.58. The van der Waals surface area contributed by atoms with Crippen LogP contribution in [-0.2, 0) is 0 Å². The number of guanidine groups is 1. The number of hydrogen-bond acceptors (Lipinski definition) is 4. The zero-order chi connectivity index (χ0) is 20.5. The van der Waals surface area contributed by atoms with E-state index in [1.165, 1.54) is 0 Å². The lowest BCUT2D eigenvalue weighted by molar-refractivity contribution is 0.114. The lowest BCUT2D eigenvalue weighted by Gasteiger charge is -2.12. The first-order valence-corrected chi connectivity index (χ1v) is 9.36. The van der Waals surface area contributed by atoms with E-state index >= 15 is 0 Å². The van der Waals surface area contributed by atoms with Gasteiger partial charge in [-0.3, -0.25) is 4.99 Å². The quantitative estimate of drug-likeness (QED) is 0.400. The first-order valence-electron chi connectivity index (χ1n) is 9.36. The summed E-state index contributed by atoms with van der Waals surface area (Å²) in [5, 5.41) is 13.1. The molecule has 0 aromatic heterocycles. The Balaban J connectivity index is 1.49. The van der Waals surface area contributed by atoms with Crippen LogP contribution in [0.15, 0.2) is 83.9 Å². The molecular formula is C23H25N3O3. The normalized spacial score (nSPS) is 12.3. The number of aliphatic hydroxyl groups is 1. The monoisotopic (exact) mass is 391 g/mol. The van der Waals surface area contributed by atoms with Crippen molar-refractivity contribution in [3.05, 3.63) is 84.4 Å². The maximum atomic E-state index is 10.1. The molecular weight excluding hydrogens is 366 g/mol. The van der Waals surface area contributed by atoms with Crippen molar-refractivity contribution in [1.29, 1.82) is 0 Å². The van der Waals surface area contributed by atoms with Gasteiger partial charge in [-0.1, -0.05) is 36.4 Å². The number of para-hydroxylation sites is 1. The first-order chi connectivity index (χ1) is 14.1. The standard InChI is InChI=1S/C23H25N3O3/c1-17-7-5-11-21(13-17)28-16-19(27)15-25-23(24)26-18-8-6-12-22(14-18)29-20-9-3-2-4-10-20/h2-14,19,27H,15-16H2,1H3,(H3,24,25,26). The average molecular weight is 391 g/mol. The van der Waals surface area contributed by atoms with Crippen LogP contribution in [0.5, 0.6) is 17.2 Å². The minimum absolute atomic E-state index is 0.130. The topological polar surface area (TPSA) is 89.1 Å². The van der Waals surface area contributed by atoms with Gasteiger partial charge in [0.1, 0.15) is 30.0 Å². The van der Waals surface area contributed by atoms with Crippen molar-refractivity contribution < 1.29 is 14.6 Å². The Morgan fingerprint density at radius 2 is 1.69 bits per heavy atom. The summed E-state index contributed by atoms with van der Waals surface area (Å²) in [4.78, 5) is 4.18. The number of nitrogens with one attached hydrogen (secondary N) is 1. The molecule has 0 saturated carbocycles. The average Bonchev–Trinajstić information content (AvgIpc) is 2.72. The molecule has 1 unspecified atom stereocenters. The van der Waals surface area contributed by atoms with Crippen LogP contribution < -0.4 is 20.5 Å². The zero-order valence-corrected chi connectivity index (χ0v) is 16.3. The summed E-state index contributed by atoms with van der Waals surface area (Å²) in [6, 6.07) is 24.6. The summed E-state index contributed by atoms with van der Waals surface area (Å²) >= 11 is 0. The van der Waals surface area contributed by atoms with Crippen LogP contribution >= 0.6 is 0 Å². The highest BCUT2D eigenvalue weighted by atomic mass is 16.5. The number of benzene rings is 3. The smallest absolute Gasteiger partial charge is 0.193 e. The third-order valence-corrected chi connectivity index (χ3v) is 3.99. The number of nitrogens with two attached hydrogens (primary N) is 1. The molecule has 3 aromatic rings. The molecule has 29 heavy (non-hydrogen) atoms. The third kappa shape index (κ3) is 6.86. The van der Waals surface area contributed by atoms with Crippen LogP contribution in [0.25, 0.3) is 0 Å². The SMILES string of the molecule is Cc1cccc(OCC(O)CN=C(N)Nc2cccc(Oc3ccccc3)c2)c1. The summed E-state index contributed by atoms with van der Waals surface area (Å²) in [5.74, 6) is 2.36. The van der Waals surface area contributed by atoms with E-state index in [1.54, 1.807) is 0 Å². The molecule has 0 saturated heterocycles.